The molecule has 0 aromatic carbocycles. The Kier molecular flexibility index (Phi) is 4.42. The fraction of sp³-hybridized carbons (Fsp3) is 0.118. The first kappa shape index (κ1) is 15.5. The summed E-state index contributed by atoms with van der Waals surface area (Å²) in [5.41, 5.74) is 0.591. The van der Waals surface area contributed by atoms with Crippen LogP contribution in [0, 0.1) is 0 Å². The van der Waals surface area contributed by atoms with Crippen LogP contribution < -0.4 is 5.32 Å². The number of carbonyl (C=O) groups is 2. The van der Waals surface area contributed by atoms with E-state index < -0.39 is 11.9 Å². The van der Waals surface area contributed by atoms with Crippen LogP contribution in [0.3, 0.4) is 0 Å². The SMILES string of the molecule is CCOC(=O)c1nc2ccccn2c1NC(=O)/C=C/c1ccco1. The van der Waals surface area contributed by atoms with E-state index in [1.54, 1.807) is 47.9 Å². The largest absolute Gasteiger partial charge is 0.465 e. The molecular weight excluding hydrogens is 310 g/mol. The number of amides is 1. The van der Waals surface area contributed by atoms with Crippen molar-refractivity contribution in [2.45, 2.75) is 6.92 Å². The third-order valence-electron chi connectivity index (χ3n) is 3.18. The molecule has 0 aliphatic heterocycles. The van der Waals surface area contributed by atoms with E-state index in [4.69, 9.17) is 9.15 Å². The lowest BCUT2D eigenvalue weighted by Crippen LogP contribution is -2.14. The summed E-state index contributed by atoms with van der Waals surface area (Å²) in [6.07, 6.45) is 6.07. The summed E-state index contributed by atoms with van der Waals surface area (Å²) in [5, 5.41) is 2.67. The Labute approximate surface area is 137 Å². The second kappa shape index (κ2) is 6.82. The van der Waals surface area contributed by atoms with E-state index in [1.807, 2.05) is 0 Å². The van der Waals surface area contributed by atoms with Gasteiger partial charge in [0.15, 0.2) is 11.5 Å². The third-order valence-corrected chi connectivity index (χ3v) is 3.18. The highest BCUT2D eigenvalue weighted by Gasteiger charge is 2.21. The highest BCUT2D eigenvalue weighted by molar-refractivity contribution is 6.05. The lowest BCUT2D eigenvalue weighted by Gasteiger charge is -2.05. The predicted molar refractivity (Wildman–Crippen MR) is 87.5 cm³/mol. The fourth-order valence-corrected chi connectivity index (χ4v) is 2.16. The minimum absolute atomic E-state index is 0.0581. The molecule has 0 saturated carbocycles. The van der Waals surface area contributed by atoms with Crippen molar-refractivity contribution in [1.82, 2.24) is 9.38 Å². The van der Waals surface area contributed by atoms with Crippen LogP contribution in [-0.4, -0.2) is 27.9 Å². The quantitative estimate of drug-likeness (QED) is 0.576. The number of rotatable bonds is 5. The van der Waals surface area contributed by atoms with Gasteiger partial charge in [-0.05, 0) is 37.3 Å². The lowest BCUT2D eigenvalue weighted by atomic mass is 10.3. The van der Waals surface area contributed by atoms with Crippen LogP contribution in [0.4, 0.5) is 5.82 Å². The van der Waals surface area contributed by atoms with Gasteiger partial charge in [-0.2, -0.15) is 0 Å². The molecule has 0 saturated heterocycles. The van der Waals surface area contributed by atoms with Gasteiger partial charge in [0.1, 0.15) is 11.4 Å². The lowest BCUT2D eigenvalue weighted by molar-refractivity contribution is -0.111. The molecule has 0 aliphatic rings. The zero-order chi connectivity index (χ0) is 16.9. The second-order valence-corrected chi connectivity index (χ2v) is 4.80. The maximum Gasteiger partial charge on any atom is 0.360 e. The number of pyridine rings is 1. The summed E-state index contributed by atoms with van der Waals surface area (Å²) >= 11 is 0. The first-order valence-electron chi connectivity index (χ1n) is 7.36. The number of hydrogen-bond acceptors (Lipinski definition) is 5. The molecule has 1 amide bonds. The molecule has 7 heteroatoms. The minimum Gasteiger partial charge on any atom is -0.465 e. The Bertz CT molecular complexity index is 894. The zero-order valence-corrected chi connectivity index (χ0v) is 12.9. The number of esters is 1. The van der Waals surface area contributed by atoms with Crippen molar-refractivity contribution >= 4 is 29.4 Å². The van der Waals surface area contributed by atoms with Crippen molar-refractivity contribution in [3.05, 3.63) is 60.3 Å². The predicted octanol–water partition coefficient (Wildman–Crippen LogP) is 2.76. The molecule has 0 atom stereocenters. The Morgan fingerprint density at radius 1 is 1.33 bits per heavy atom. The van der Waals surface area contributed by atoms with Gasteiger partial charge >= 0.3 is 5.97 Å². The summed E-state index contributed by atoms with van der Waals surface area (Å²) in [6.45, 7) is 1.93. The number of carbonyl (C=O) groups excluding carboxylic acids is 2. The molecule has 3 aromatic rings. The van der Waals surface area contributed by atoms with E-state index in [2.05, 4.69) is 10.3 Å². The molecule has 24 heavy (non-hydrogen) atoms. The highest BCUT2D eigenvalue weighted by Crippen LogP contribution is 2.19. The van der Waals surface area contributed by atoms with Gasteiger partial charge in [-0.15, -0.1) is 0 Å². The smallest absolute Gasteiger partial charge is 0.360 e. The second-order valence-electron chi connectivity index (χ2n) is 4.80. The molecule has 0 radical (unpaired) electrons. The number of imidazole rings is 1. The molecule has 0 bridgehead atoms. The summed E-state index contributed by atoms with van der Waals surface area (Å²) in [5.74, 6) is -0.193. The van der Waals surface area contributed by atoms with Crippen molar-refractivity contribution in [3.63, 3.8) is 0 Å². The van der Waals surface area contributed by atoms with E-state index in [0.29, 0.717) is 11.4 Å². The van der Waals surface area contributed by atoms with Crippen molar-refractivity contribution in [3.8, 4) is 0 Å². The van der Waals surface area contributed by atoms with Crippen molar-refractivity contribution in [2.75, 3.05) is 11.9 Å². The van der Waals surface area contributed by atoms with E-state index in [9.17, 15) is 9.59 Å². The molecule has 3 heterocycles. The van der Waals surface area contributed by atoms with Gasteiger partial charge in [-0.3, -0.25) is 9.20 Å². The number of nitrogens with zero attached hydrogens (tertiary/aromatic N) is 2. The van der Waals surface area contributed by atoms with E-state index >= 15 is 0 Å². The normalized spacial score (nSPS) is 11.0. The standard InChI is InChI=1S/C17H15N3O4/c1-2-23-17(22)15-16(20-10-4-3-7-13(20)18-15)19-14(21)9-8-12-6-5-11-24-12/h3-11H,2H2,1H3,(H,19,21)/b9-8+. The number of fused-ring (bicyclic) bond motifs is 1. The molecular formula is C17H15N3O4. The van der Waals surface area contributed by atoms with Crippen LogP contribution >= 0.6 is 0 Å². The van der Waals surface area contributed by atoms with Crippen molar-refractivity contribution in [1.29, 1.82) is 0 Å². The van der Waals surface area contributed by atoms with E-state index in [0.717, 1.165) is 0 Å². The molecule has 3 rings (SSSR count). The number of anilines is 1. The molecule has 7 nitrogen and oxygen atoms in total. The minimum atomic E-state index is -0.591. The third kappa shape index (κ3) is 3.19. The van der Waals surface area contributed by atoms with Crippen LogP contribution in [0.5, 0.6) is 0 Å². The summed E-state index contributed by atoms with van der Waals surface area (Å²) < 4.78 is 11.7. The number of ether oxygens (including phenoxy) is 1. The molecule has 3 aromatic heterocycles. The van der Waals surface area contributed by atoms with Gasteiger partial charge in [0.2, 0.25) is 5.91 Å². The van der Waals surface area contributed by atoms with Gasteiger partial charge in [-0.1, -0.05) is 6.07 Å². The average Bonchev–Trinajstić information content (AvgIpc) is 3.21. The first-order chi connectivity index (χ1) is 11.7. The van der Waals surface area contributed by atoms with Gasteiger partial charge < -0.3 is 14.5 Å². The zero-order valence-electron chi connectivity index (χ0n) is 12.9. The monoisotopic (exact) mass is 325 g/mol. The molecule has 0 fully saturated rings. The summed E-state index contributed by atoms with van der Waals surface area (Å²) in [6, 6.07) is 8.75. The molecule has 122 valence electrons. The Morgan fingerprint density at radius 2 is 2.21 bits per heavy atom. The van der Waals surface area contributed by atoms with Gasteiger partial charge in [-0.25, -0.2) is 9.78 Å². The van der Waals surface area contributed by atoms with E-state index in [-0.39, 0.29) is 18.1 Å². The fourth-order valence-electron chi connectivity index (χ4n) is 2.16. The maximum absolute atomic E-state index is 12.1. The van der Waals surface area contributed by atoms with Gasteiger partial charge in [0.25, 0.3) is 0 Å². The van der Waals surface area contributed by atoms with Crippen molar-refractivity contribution in [2.24, 2.45) is 0 Å². The summed E-state index contributed by atoms with van der Waals surface area (Å²) in [4.78, 5) is 28.5. The molecule has 0 aliphatic carbocycles. The number of hydrogen-bond donors (Lipinski definition) is 1. The first-order valence-corrected chi connectivity index (χ1v) is 7.36. The molecule has 0 unspecified atom stereocenters. The number of nitrogens with one attached hydrogen (secondary N) is 1. The summed E-state index contributed by atoms with van der Waals surface area (Å²) in [7, 11) is 0. The van der Waals surface area contributed by atoms with Crippen LogP contribution in [0.2, 0.25) is 0 Å². The molecule has 1 N–H and O–H groups in total. The highest BCUT2D eigenvalue weighted by atomic mass is 16.5. The van der Waals surface area contributed by atoms with Crippen LogP contribution in [0.1, 0.15) is 23.2 Å². The number of furan rings is 1. The van der Waals surface area contributed by atoms with Crippen LogP contribution in [-0.2, 0) is 9.53 Å². The molecule has 0 spiro atoms. The Hall–Kier alpha value is -3.35. The van der Waals surface area contributed by atoms with Crippen LogP contribution in [0.15, 0.2) is 53.3 Å². The average molecular weight is 325 g/mol. The van der Waals surface area contributed by atoms with Crippen LogP contribution in [0.25, 0.3) is 11.7 Å². The maximum atomic E-state index is 12.1. The Balaban J connectivity index is 1.90. The number of aromatic nitrogens is 2. The topological polar surface area (TPSA) is 85.8 Å². The Morgan fingerprint density at radius 3 is 2.96 bits per heavy atom. The van der Waals surface area contributed by atoms with Crippen molar-refractivity contribution < 1.29 is 18.7 Å². The van der Waals surface area contributed by atoms with Gasteiger partial charge in [0.05, 0.1) is 12.9 Å². The van der Waals surface area contributed by atoms with Gasteiger partial charge in [0, 0.05) is 12.3 Å². The van der Waals surface area contributed by atoms with E-state index in [1.165, 1.54) is 18.4 Å².